The van der Waals surface area contributed by atoms with Crippen molar-refractivity contribution in [3.8, 4) is 86.3 Å². The highest BCUT2D eigenvalue weighted by atomic mass is 15.0. The third kappa shape index (κ3) is 6.02. The van der Waals surface area contributed by atoms with Crippen LogP contribution in [0.2, 0.25) is 0 Å². The highest BCUT2D eigenvalue weighted by Gasteiger charge is 2.15. The smallest absolute Gasteiger partial charge is 0.182 e. The van der Waals surface area contributed by atoms with Gasteiger partial charge < -0.3 is 0 Å². The first-order valence-electron chi connectivity index (χ1n) is 14.3. The number of nitriles is 3. The summed E-state index contributed by atoms with van der Waals surface area (Å²) < 4.78 is 0. The van der Waals surface area contributed by atoms with E-state index in [-0.39, 0.29) is 0 Å². The quantitative estimate of drug-likeness (QED) is 0.216. The van der Waals surface area contributed by atoms with E-state index in [1.807, 2.05) is 30.3 Å². The second-order valence-corrected chi connectivity index (χ2v) is 10.3. The molecule has 0 unspecified atom stereocenters. The van der Waals surface area contributed by atoms with E-state index in [4.69, 9.17) is 15.0 Å². The lowest BCUT2D eigenvalue weighted by molar-refractivity contribution is 1.05. The predicted octanol–water partition coefficient (Wildman–Crippen LogP) is 5.86. The summed E-state index contributed by atoms with van der Waals surface area (Å²) in [5, 5.41) is 27.8. The molecular formula is C36H18N12. The Hall–Kier alpha value is -7.62. The molecule has 12 nitrogen and oxygen atoms in total. The SMILES string of the molecule is N#Cc1cncc(-c2ccc(-c3nc(-c4ccc(-c5cncc(C#N)c5)nc4)nc(-c4ccc(-c5cc(C#N)ccn5)cn4)n3)cn2)c1. The van der Waals surface area contributed by atoms with Gasteiger partial charge in [0.15, 0.2) is 17.5 Å². The average molecular weight is 619 g/mol. The molecule has 48 heavy (non-hydrogen) atoms. The van der Waals surface area contributed by atoms with Crippen LogP contribution in [0.15, 0.2) is 110 Å². The van der Waals surface area contributed by atoms with Gasteiger partial charge in [-0.1, -0.05) is 0 Å². The fourth-order valence-corrected chi connectivity index (χ4v) is 4.76. The zero-order valence-corrected chi connectivity index (χ0v) is 24.8. The summed E-state index contributed by atoms with van der Waals surface area (Å²) >= 11 is 0. The molecule has 0 radical (unpaired) electrons. The lowest BCUT2D eigenvalue weighted by Crippen LogP contribution is -2.02. The van der Waals surface area contributed by atoms with Gasteiger partial charge >= 0.3 is 0 Å². The highest BCUT2D eigenvalue weighted by molar-refractivity contribution is 5.69. The van der Waals surface area contributed by atoms with E-state index in [0.29, 0.717) is 79.2 Å². The molecule has 0 aliphatic carbocycles. The summed E-state index contributed by atoms with van der Waals surface area (Å²) in [6.45, 7) is 0. The second-order valence-electron chi connectivity index (χ2n) is 10.3. The standard InChI is InChI=1S/C36H18N12/c37-12-22-7-8-42-33(11-22)25-1-6-32(45-19-25)36-47-34(26-2-4-30(43-20-26)28-9-23(13-38)15-40-17-28)46-35(48-36)27-3-5-31(44-21-27)29-10-24(14-39)16-41-18-29/h1-11,15-21H. The Bertz CT molecular complexity index is 2140. The fourth-order valence-electron chi connectivity index (χ4n) is 4.76. The van der Waals surface area contributed by atoms with Crippen LogP contribution in [-0.4, -0.2) is 44.9 Å². The van der Waals surface area contributed by atoms with E-state index < -0.39 is 0 Å². The number of hydrogen-bond donors (Lipinski definition) is 0. The number of rotatable bonds is 6. The lowest BCUT2D eigenvalue weighted by atomic mass is 10.1. The van der Waals surface area contributed by atoms with Crippen molar-refractivity contribution in [2.24, 2.45) is 0 Å². The average Bonchev–Trinajstić information content (AvgIpc) is 3.18. The maximum atomic E-state index is 9.28. The summed E-state index contributed by atoms with van der Waals surface area (Å²) in [5.41, 5.74) is 7.16. The van der Waals surface area contributed by atoms with Crippen molar-refractivity contribution in [1.29, 1.82) is 15.8 Å². The van der Waals surface area contributed by atoms with Crippen LogP contribution in [-0.2, 0) is 0 Å². The molecule has 0 aliphatic heterocycles. The molecule has 222 valence electrons. The van der Waals surface area contributed by atoms with Gasteiger partial charge in [0, 0.05) is 77.4 Å². The van der Waals surface area contributed by atoms with Crippen LogP contribution in [0.3, 0.4) is 0 Å². The van der Waals surface area contributed by atoms with Gasteiger partial charge in [-0.05, 0) is 60.7 Å². The monoisotopic (exact) mass is 618 g/mol. The minimum Gasteiger partial charge on any atom is -0.263 e. The normalized spacial score (nSPS) is 10.4. The summed E-state index contributed by atoms with van der Waals surface area (Å²) in [6.07, 6.45) is 12.8. The molecule has 7 aromatic heterocycles. The maximum Gasteiger partial charge on any atom is 0.182 e. The second kappa shape index (κ2) is 12.8. The molecule has 12 heteroatoms. The Labute approximate surface area is 273 Å². The number of pyridine rings is 6. The third-order valence-electron chi connectivity index (χ3n) is 7.18. The molecule has 0 aromatic carbocycles. The van der Waals surface area contributed by atoms with E-state index in [0.717, 1.165) is 5.56 Å². The molecule has 7 aromatic rings. The lowest BCUT2D eigenvalue weighted by Gasteiger charge is -2.09. The summed E-state index contributed by atoms with van der Waals surface area (Å²) in [5.74, 6) is 1.05. The molecule has 0 fully saturated rings. The van der Waals surface area contributed by atoms with Gasteiger partial charge in [0.2, 0.25) is 0 Å². The predicted molar refractivity (Wildman–Crippen MR) is 173 cm³/mol. The Morgan fingerprint density at radius 1 is 0.375 bits per heavy atom. The van der Waals surface area contributed by atoms with Gasteiger partial charge in [0.25, 0.3) is 0 Å². The topological polar surface area (TPSA) is 187 Å². The molecule has 0 saturated carbocycles. The number of nitrogens with zero attached hydrogens (tertiary/aromatic N) is 12. The van der Waals surface area contributed by atoms with Crippen LogP contribution >= 0.6 is 0 Å². The minimum atomic E-state index is 0.324. The minimum absolute atomic E-state index is 0.324. The van der Waals surface area contributed by atoms with Crippen molar-refractivity contribution in [2.45, 2.75) is 0 Å². The molecule has 0 bridgehead atoms. The van der Waals surface area contributed by atoms with E-state index in [1.165, 1.54) is 12.4 Å². The van der Waals surface area contributed by atoms with Gasteiger partial charge in [-0.2, -0.15) is 15.8 Å². The Morgan fingerprint density at radius 2 is 0.875 bits per heavy atom. The Balaban J connectivity index is 1.28. The molecular weight excluding hydrogens is 600 g/mol. The van der Waals surface area contributed by atoms with E-state index >= 15 is 0 Å². The first-order valence-corrected chi connectivity index (χ1v) is 14.3. The molecule has 0 saturated heterocycles. The van der Waals surface area contributed by atoms with Crippen molar-refractivity contribution in [1.82, 2.24) is 44.9 Å². The maximum absolute atomic E-state index is 9.28. The van der Waals surface area contributed by atoms with Gasteiger partial charge in [-0.15, -0.1) is 0 Å². The highest BCUT2D eigenvalue weighted by Crippen LogP contribution is 2.27. The summed E-state index contributed by atoms with van der Waals surface area (Å²) in [6, 6.07) is 24.0. The van der Waals surface area contributed by atoms with Crippen molar-refractivity contribution in [3.63, 3.8) is 0 Å². The van der Waals surface area contributed by atoms with Crippen LogP contribution in [0.25, 0.3) is 68.1 Å². The molecule has 0 spiro atoms. The summed E-state index contributed by atoms with van der Waals surface area (Å²) in [7, 11) is 0. The molecule has 0 N–H and O–H groups in total. The largest absolute Gasteiger partial charge is 0.263 e. The van der Waals surface area contributed by atoms with Crippen LogP contribution in [0, 0.1) is 34.0 Å². The van der Waals surface area contributed by atoms with Gasteiger partial charge in [-0.3, -0.25) is 29.9 Å². The Morgan fingerprint density at radius 3 is 1.38 bits per heavy atom. The van der Waals surface area contributed by atoms with Gasteiger partial charge in [0.05, 0.1) is 39.8 Å². The third-order valence-corrected chi connectivity index (χ3v) is 7.18. The molecule has 0 amide bonds. The zero-order valence-electron chi connectivity index (χ0n) is 24.8. The van der Waals surface area contributed by atoms with E-state index in [1.54, 1.807) is 67.5 Å². The van der Waals surface area contributed by atoms with Gasteiger partial charge in [0.1, 0.15) is 17.8 Å². The van der Waals surface area contributed by atoms with Crippen LogP contribution in [0.5, 0.6) is 0 Å². The van der Waals surface area contributed by atoms with Crippen molar-refractivity contribution in [2.75, 3.05) is 0 Å². The van der Waals surface area contributed by atoms with Crippen molar-refractivity contribution >= 4 is 0 Å². The summed E-state index contributed by atoms with van der Waals surface area (Å²) in [4.78, 5) is 40.7. The van der Waals surface area contributed by atoms with Crippen LogP contribution < -0.4 is 0 Å². The molecule has 0 atom stereocenters. The van der Waals surface area contributed by atoms with Crippen molar-refractivity contribution in [3.05, 3.63) is 127 Å². The Kier molecular flexibility index (Phi) is 7.75. The van der Waals surface area contributed by atoms with E-state index in [2.05, 4.69) is 48.1 Å². The zero-order chi connectivity index (χ0) is 32.9. The fraction of sp³-hybridized carbons (Fsp3) is 0. The molecule has 0 aliphatic rings. The number of hydrogen-bond acceptors (Lipinski definition) is 12. The van der Waals surface area contributed by atoms with Crippen LogP contribution in [0.4, 0.5) is 0 Å². The van der Waals surface area contributed by atoms with Gasteiger partial charge in [-0.25, -0.2) is 15.0 Å². The molecule has 7 rings (SSSR count). The van der Waals surface area contributed by atoms with Crippen molar-refractivity contribution < 1.29 is 0 Å². The first kappa shape index (κ1) is 29.1. The molecule has 7 heterocycles. The first-order chi connectivity index (χ1) is 23.6. The van der Waals surface area contributed by atoms with Crippen LogP contribution in [0.1, 0.15) is 16.7 Å². The van der Waals surface area contributed by atoms with E-state index in [9.17, 15) is 15.8 Å². The number of aromatic nitrogens is 9.